The molecule has 4 N–H and O–H groups in total. The smallest absolute Gasteiger partial charge is 0.265 e. The molecular formula is C12H14ClF2N5O4. The van der Waals surface area contributed by atoms with Gasteiger partial charge in [-0.3, -0.25) is 4.57 Å². The van der Waals surface area contributed by atoms with E-state index in [0.29, 0.717) is 0 Å². The van der Waals surface area contributed by atoms with Gasteiger partial charge in [0, 0.05) is 0 Å². The number of nitrogen functional groups attached to an aromatic ring is 1. The van der Waals surface area contributed by atoms with Crippen LogP contribution in [0.2, 0.25) is 0 Å². The van der Waals surface area contributed by atoms with E-state index in [2.05, 4.69) is 15.0 Å². The van der Waals surface area contributed by atoms with Gasteiger partial charge in [0.05, 0.1) is 12.9 Å². The molecule has 1 fully saturated rings. The van der Waals surface area contributed by atoms with Crippen molar-refractivity contribution in [1.82, 2.24) is 19.5 Å². The zero-order valence-corrected chi connectivity index (χ0v) is 13.1. The Bertz CT molecular complexity index is 775. The van der Waals surface area contributed by atoms with Gasteiger partial charge >= 0.3 is 0 Å². The van der Waals surface area contributed by atoms with E-state index in [-0.39, 0.29) is 29.6 Å². The lowest BCUT2D eigenvalue weighted by molar-refractivity contribution is -0.206. The number of hydrogen-bond donors (Lipinski definition) is 3. The van der Waals surface area contributed by atoms with E-state index in [9.17, 15) is 13.9 Å². The summed E-state index contributed by atoms with van der Waals surface area (Å²) >= 11 is 5.63. The number of alkyl halides is 3. The Balaban J connectivity index is 2.13. The lowest BCUT2D eigenvalue weighted by Crippen LogP contribution is -2.45. The summed E-state index contributed by atoms with van der Waals surface area (Å²) in [6.45, 7) is 0.677. The second-order valence-electron chi connectivity index (χ2n) is 5.14. The summed E-state index contributed by atoms with van der Waals surface area (Å²) in [6, 6.07) is 0. The monoisotopic (exact) mass is 365 g/mol. The number of imidazole rings is 1. The Labute approximate surface area is 139 Å². The fourth-order valence-corrected chi connectivity index (χ4v) is 2.75. The molecule has 4 atom stereocenters. The largest absolute Gasteiger partial charge is 0.476 e. The van der Waals surface area contributed by atoms with Crippen LogP contribution in [-0.2, 0) is 4.74 Å². The third kappa shape index (κ3) is 2.35. The van der Waals surface area contributed by atoms with Crippen molar-refractivity contribution in [2.24, 2.45) is 0 Å². The van der Waals surface area contributed by atoms with Gasteiger partial charge in [-0.15, -0.1) is 0 Å². The van der Waals surface area contributed by atoms with Gasteiger partial charge in [-0.25, -0.2) is 13.8 Å². The number of nitrogens with two attached hydrogens (primary N) is 1. The van der Waals surface area contributed by atoms with Crippen LogP contribution in [0.1, 0.15) is 13.2 Å². The number of halogens is 3. The second-order valence-corrected chi connectivity index (χ2v) is 5.71. The zero-order valence-electron chi connectivity index (χ0n) is 12.4. The predicted molar refractivity (Wildman–Crippen MR) is 77.7 cm³/mol. The second kappa shape index (κ2) is 5.62. The first kappa shape index (κ1) is 17.0. The summed E-state index contributed by atoms with van der Waals surface area (Å²) in [7, 11) is 0. The summed E-state index contributed by atoms with van der Waals surface area (Å²) < 4.78 is 40.0. The number of aliphatic hydroxyl groups is 2. The Kier molecular flexibility index (Phi) is 3.98. The average Bonchev–Trinajstić information content (AvgIpc) is 3.01. The molecule has 3 rings (SSSR count). The van der Waals surface area contributed by atoms with Gasteiger partial charge in [0.1, 0.15) is 6.61 Å². The number of anilines is 1. The molecule has 12 heteroatoms. The number of ether oxygens (including phenoxy) is 2. The number of hydrogen-bond acceptors (Lipinski definition) is 8. The zero-order chi connectivity index (χ0) is 17.7. The van der Waals surface area contributed by atoms with Crippen LogP contribution in [0.4, 0.5) is 14.7 Å². The minimum Gasteiger partial charge on any atom is -0.476 e. The fraction of sp³-hybridized carbons (Fsp3) is 0.583. The van der Waals surface area contributed by atoms with Gasteiger partial charge in [-0.1, -0.05) is 11.6 Å². The number of fused-ring (bicyclic) bond motifs is 1. The maximum Gasteiger partial charge on any atom is 0.265 e. The predicted octanol–water partition coefficient (Wildman–Crippen LogP) is 0.260. The van der Waals surface area contributed by atoms with Crippen molar-refractivity contribution < 1.29 is 28.5 Å². The summed E-state index contributed by atoms with van der Waals surface area (Å²) in [5.41, 5.74) is 5.67. The lowest BCUT2D eigenvalue weighted by Gasteiger charge is -2.22. The number of nitrogens with zero attached hydrogens (tertiary/aromatic N) is 4. The van der Waals surface area contributed by atoms with Crippen molar-refractivity contribution in [2.75, 3.05) is 18.9 Å². The molecular weight excluding hydrogens is 352 g/mol. The molecule has 1 saturated heterocycles. The van der Waals surface area contributed by atoms with Gasteiger partial charge in [-0.05, 0) is 6.92 Å². The topological polar surface area (TPSA) is 129 Å². The van der Waals surface area contributed by atoms with E-state index in [1.54, 1.807) is 6.92 Å². The number of aromatic nitrogens is 4. The Hall–Kier alpha value is -1.82. The quantitative estimate of drug-likeness (QED) is 0.658. The van der Waals surface area contributed by atoms with E-state index in [0.717, 1.165) is 10.9 Å². The molecule has 0 amide bonds. The van der Waals surface area contributed by atoms with Crippen molar-refractivity contribution in [1.29, 1.82) is 0 Å². The van der Waals surface area contributed by atoms with Gasteiger partial charge in [0.2, 0.25) is 11.8 Å². The number of rotatable bonds is 4. The maximum atomic E-state index is 14.7. The van der Waals surface area contributed by atoms with Crippen LogP contribution in [0.5, 0.6) is 5.88 Å². The molecule has 0 spiro atoms. The molecule has 1 aliphatic heterocycles. The maximum absolute atomic E-state index is 14.7. The van der Waals surface area contributed by atoms with Crippen molar-refractivity contribution in [2.45, 2.75) is 30.2 Å². The van der Waals surface area contributed by atoms with Crippen LogP contribution in [0.3, 0.4) is 0 Å². The number of aliphatic hydroxyl groups excluding tert-OH is 2. The van der Waals surface area contributed by atoms with Crippen molar-refractivity contribution in [3.8, 4) is 5.88 Å². The van der Waals surface area contributed by atoms with Crippen LogP contribution >= 0.6 is 11.6 Å². The highest BCUT2D eigenvalue weighted by Crippen LogP contribution is 2.50. The summed E-state index contributed by atoms with van der Waals surface area (Å²) in [6.07, 6.45) is -3.23. The van der Waals surface area contributed by atoms with E-state index in [4.69, 9.17) is 31.9 Å². The summed E-state index contributed by atoms with van der Waals surface area (Å²) in [4.78, 5) is 11.7. The van der Waals surface area contributed by atoms with Gasteiger partial charge in [-0.2, -0.15) is 9.97 Å². The molecule has 1 aliphatic rings. The Morgan fingerprint density at radius 1 is 1.50 bits per heavy atom. The first-order valence-corrected chi connectivity index (χ1v) is 7.28. The van der Waals surface area contributed by atoms with Gasteiger partial charge in [0.25, 0.3) is 11.0 Å². The summed E-state index contributed by atoms with van der Waals surface area (Å²) in [5.74, 6) is -3.23. The average molecular weight is 366 g/mol. The van der Waals surface area contributed by atoms with E-state index in [1.807, 2.05) is 0 Å². The molecule has 3 heterocycles. The molecule has 0 aliphatic carbocycles. The van der Waals surface area contributed by atoms with Crippen LogP contribution in [0, 0.1) is 0 Å². The van der Waals surface area contributed by atoms with E-state index < -0.39 is 29.9 Å². The molecule has 9 nitrogen and oxygen atoms in total. The van der Waals surface area contributed by atoms with E-state index >= 15 is 0 Å². The van der Waals surface area contributed by atoms with Crippen molar-refractivity contribution >= 4 is 28.7 Å². The first-order valence-electron chi connectivity index (χ1n) is 6.91. The third-order valence-corrected chi connectivity index (χ3v) is 3.96. The highest BCUT2D eigenvalue weighted by molar-refractivity contribution is 6.23. The molecule has 0 radical (unpaired) electrons. The molecule has 0 unspecified atom stereocenters. The minimum atomic E-state index is -3.09. The van der Waals surface area contributed by atoms with Crippen LogP contribution in [0.25, 0.3) is 11.2 Å². The SMILES string of the molecule is CCOc1nc(N)nc2c1ncn2[C@@H]1O[C@](F)(CO)[C@@H](O)[C@]1(F)Cl. The molecule has 0 aromatic carbocycles. The van der Waals surface area contributed by atoms with Gasteiger partial charge in [0.15, 0.2) is 23.5 Å². The summed E-state index contributed by atoms with van der Waals surface area (Å²) in [5, 5.41) is 15.7. The minimum absolute atomic E-state index is 0.0342. The van der Waals surface area contributed by atoms with Crippen LogP contribution in [0.15, 0.2) is 6.33 Å². The molecule has 0 saturated carbocycles. The van der Waals surface area contributed by atoms with Crippen molar-refractivity contribution in [3.05, 3.63) is 6.33 Å². The molecule has 24 heavy (non-hydrogen) atoms. The van der Waals surface area contributed by atoms with Crippen LogP contribution < -0.4 is 10.5 Å². The Morgan fingerprint density at radius 2 is 2.21 bits per heavy atom. The highest BCUT2D eigenvalue weighted by Gasteiger charge is 2.66. The normalized spacial score (nSPS) is 33.2. The third-order valence-electron chi connectivity index (χ3n) is 3.57. The fourth-order valence-electron chi connectivity index (χ4n) is 2.43. The standard InChI is InChI=1S/C12H14ClF2N5O4/c1-2-23-7-5-6(18-10(16)19-7)20(4-17-5)9-12(13,15)8(22)11(14,3-21)24-9/h4,8-9,21-22H,2-3H2,1H3,(H2,16,18,19)/t8-,9-,11-,12-/m1/s1. The molecule has 132 valence electrons. The van der Waals surface area contributed by atoms with Crippen LogP contribution in [-0.4, -0.2) is 60.0 Å². The molecule has 0 bridgehead atoms. The van der Waals surface area contributed by atoms with Crippen molar-refractivity contribution in [3.63, 3.8) is 0 Å². The van der Waals surface area contributed by atoms with Gasteiger partial charge < -0.3 is 25.4 Å². The first-order chi connectivity index (χ1) is 11.2. The van der Waals surface area contributed by atoms with E-state index in [1.165, 1.54) is 0 Å². The Morgan fingerprint density at radius 3 is 2.79 bits per heavy atom. The molecule has 2 aromatic heterocycles. The molecule has 2 aromatic rings. The highest BCUT2D eigenvalue weighted by atomic mass is 35.5. The lowest BCUT2D eigenvalue weighted by atomic mass is 10.1.